The van der Waals surface area contributed by atoms with E-state index in [1.807, 2.05) is 12.1 Å². The Hall–Kier alpha value is -0.870. The number of benzene rings is 1. The van der Waals surface area contributed by atoms with Gasteiger partial charge in [0.1, 0.15) is 0 Å². The van der Waals surface area contributed by atoms with Crippen molar-refractivity contribution in [1.82, 2.24) is 5.32 Å². The van der Waals surface area contributed by atoms with Gasteiger partial charge in [0, 0.05) is 16.6 Å². The lowest BCUT2D eigenvalue weighted by Gasteiger charge is -2.04. The number of carbonyl (C=O) groups excluding carboxylic acids is 1. The highest BCUT2D eigenvalue weighted by atomic mass is 79.9. The van der Waals surface area contributed by atoms with Gasteiger partial charge in [0.05, 0.1) is 0 Å². The molecule has 1 aromatic carbocycles. The third-order valence-corrected chi connectivity index (χ3v) is 2.80. The van der Waals surface area contributed by atoms with Gasteiger partial charge >= 0.3 is 0 Å². The van der Waals surface area contributed by atoms with E-state index < -0.39 is 0 Å². The fourth-order valence-corrected chi connectivity index (χ4v) is 1.62. The predicted molar refractivity (Wildman–Crippen MR) is 69.4 cm³/mol. The van der Waals surface area contributed by atoms with Gasteiger partial charge in [-0.3, -0.25) is 4.79 Å². The summed E-state index contributed by atoms with van der Waals surface area (Å²) in [5.74, 6) is -0.0137. The van der Waals surface area contributed by atoms with Gasteiger partial charge in [0.15, 0.2) is 0 Å². The van der Waals surface area contributed by atoms with Gasteiger partial charge < -0.3 is 11.1 Å². The summed E-state index contributed by atoms with van der Waals surface area (Å²) in [6, 6.07) is 7.34. The molecule has 1 rings (SSSR count). The smallest absolute Gasteiger partial charge is 0.251 e. The lowest BCUT2D eigenvalue weighted by Crippen LogP contribution is -2.24. The van der Waals surface area contributed by atoms with E-state index in [1.165, 1.54) is 0 Å². The third-order valence-electron chi connectivity index (χ3n) is 2.27. The van der Waals surface area contributed by atoms with Crippen LogP contribution in [0.3, 0.4) is 0 Å². The molecule has 0 aromatic heterocycles. The van der Waals surface area contributed by atoms with Crippen molar-refractivity contribution in [2.75, 3.05) is 13.1 Å². The maximum absolute atomic E-state index is 11.6. The normalized spacial score (nSPS) is 10.1. The molecule has 0 aliphatic carbocycles. The van der Waals surface area contributed by atoms with E-state index in [4.69, 9.17) is 5.73 Å². The van der Waals surface area contributed by atoms with Crippen LogP contribution in [0.4, 0.5) is 0 Å². The van der Waals surface area contributed by atoms with Crippen LogP contribution in [0.2, 0.25) is 0 Å². The number of unbranched alkanes of at least 4 members (excludes halogenated alkanes) is 2. The van der Waals surface area contributed by atoms with Crippen LogP contribution in [0.15, 0.2) is 28.7 Å². The van der Waals surface area contributed by atoms with Gasteiger partial charge in [-0.15, -0.1) is 0 Å². The Kier molecular flexibility index (Phi) is 6.11. The van der Waals surface area contributed by atoms with Crippen LogP contribution in [-0.4, -0.2) is 19.0 Å². The molecule has 3 N–H and O–H groups in total. The van der Waals surface area contributed by atoms with Gasteiger partial charge in [0.25, 0.3) is 5.91 Å². The van der Waals surface area contributed by atoms with Gasteiger partial charge in [0.2, 0.25) is 0 Å². The molecule has 0 saturated heterocycles. The molecule has 0 bridgehead atoms. The number of halogens is 1. The zero-order valence-corrected chi connectivity index (χ0v) is 10.8. The minimum atomic E-state index is -0.0137. The van der Waals surface area contributed by atoms with Gasteiger partial charge in [-0.25, -0.2) is 0 Å². The second-order valence-corrected chi connectivity index (χ2v) is 4.53. The molecule has 3 nitrogen and oxygen atoms in total. The molecule has 88 valence electrons. The minimum Gasteiger partial charge on any atom is -0.352 e. The molecule has 0 aliphatic heterocycles. The summed E-state index contributed by atoms with van der Waals surface area (Å²) in [6.45, 7) is 1.44. The van der Waals surface area contributed by atoms with Crippen LogP contribution in [0.5, 0.6) is 0 Å². The molecule has 0 heterocycles. The van der Waals surface area contributed by atoms with Crippen LogP contribution < -0.4 is 11.1 Å². The Morgan fingerprint density at radius 3 is 2.50 bits per heavy atom. The Morgan fingerprint density at radius 1 is 1.19 bits per heavy atom. The first-order valence-electron chi connectivity index (χ1n) is 5.48. The Morgan fingerprint density at radius 2 is 1.88 bits per heavy atom. The highest BCUT2D eigenvalue weighted by molar-refractivity contribution is 9.10. The van der Waals surface area contributed by atoms with Gasteiger partial charge in [-0.2, -0.15) is 0 Å². The molecule has 16 heavy (non-hydrogen) atoms. The van der Waals surface area contributed by atoms with Crippen molar-refractivity contribution in [3.8, 4) is 0 Å². The van der Waals surface area contributed by atoms with E-state index >= 15 is 0 Å². The number of hydrogen-bond acceptors (Lipinski definition) is 2. The molecular weight excluding hydrogens is 268 g/mol. The largest absolute Gasteiger partial charge is 0.352 e. The molecule has 0 atom stereocenters. The zero-order chi connectivity index (χ0) is 11.8. The fraction of sp³-hybridized carbons (Fsp3) is 0.417. The molecule has 4 heteroatoms. The number of carbonyl (C=O) groups is 1. The predicted octanol–water partition coefficient (Wildman–Crippen LogP) is 2.31. The van der Waals surface area contributed by atoms with E-state index in [0.717, 1.165) is 36.8 Å². The highest BCUT2D eigenvalue weighted by Crippen LogP contribution is 2.10. The molecule has 0 fully saturated rings. The van der Waals surface area contributed by atoms with E-state index in [-0.39, 0.29) is 5.91 Å². The highest BCUT2D eigenvalue weighted by Gasteiger charge is 2.03. The number of amides is 1. The minimum absolute atomic E-state index is 0.0137. The van der Waals surface area contributed by atoms with Crippen molar-refractivity contribution < 1.29 is 4.79 Å². The van der Waals surface area contributed by atoms with Crippen molar-refractivity contribution in [1.29, 1.82) is 0 Å². The second-order valence-electron chi connectivity index (χ2n) is 3.61. The molecule has 1 aromatic rings. The SMILES string of the molecule is NCCCCCNC(=O)c1ccc(Br)cc1. The summed E-state index contributed by atoms with van der Waals surface area (Å²) in [7, 11) is 0. The lowest BCUT2D eigenvalue weighted by atomic mass is 10.2. The van der Waals surface area contributed by atoms with Crippen molar-refractivity contribution >= 4 is 21.8 Å². The summed E-state index contributed by atoms with van der Waals surface area (Å²) in [5.41, 5.74) is 6.08. The summed E-state index contributed by atoms with van der Waals surface area (Å²) in [4.78, 5) is 11.6. The van der Waals surface area contributed by atoms with E-state index in [2.05, 4.69) is 21.2 Å². The standard InChI is InChI=1S/C12H17BrN2O/c13-11-6-4-10(5-7-11)12(16)15-9-3-1-2-8-14/h4-7H,1-3,8-9,14H2,(H,15,16). The zero-order valence-electron chi connectivity index (χ0n) is 9.21. The molecular formula is C12H17BrN2O. The van der Waals surface area contributed by atoms with Crippen LogP contribution in [0.25, 0.3) is 0 Å². The average Bonchev–Trinajstić information content (AvgIpc) is 2.29. The van der Waals surface area contributed by atoms with Crippen LogP contribution in [-0.2, 0) is 0 Å². The van der Waals surface area contributed by atoms with E-state index in [0.29, 0.717) is 5.56 Å². The Bertz CT molecular complexity index is 324. The first-order chi connectivity index (χ1) is 7.74. The third kappa shape index (κ3) is 4.77. The Labute approximate surface area is 105 Å². The quantitative estimate of drug-likeness (QED) is 0.788. The number of rotatable bonds is 6. The van der Waals surface area contributed by atoms with Crippen LogP contribution >= 0.6 is 15.9 Å². The number of nitrogens with two attached hydrogens (primary N) is 1. The van der Waals surface area contributed by atoms with Crippen molar-refractivity contribution in [2.24, 2.45) is 5.73 Å². The molecule has 1 amide bonds. The molecule has 0 saturated carbocycles. The van der Waals surface area contributed by atoms with E-state index in [9.17, 15) is 4.79 Å². The van der Waals surface area contributed by atoms with E-state index in [1.54, 1.807) is 12.1 Å². The van der Waals surface area contributed by atoms with Crippen molar-refractivity contribution in [3.63, 3.8) is 0 Å². The summed E-state index contributed by atoms with van der Waals surface area (Å²) in [6.07, 6.45) is 3.07. The maximum Gasteiger partial charge on any atom is 0.251 e. The summed E-state index contributed by atoms with van der Waals surface area (Å²) >= 11 is 3.33. The average molecular weight is 285 g/mol. The summed E-state index contributed by atoms with van der Waals surface area (Å²) in [5, 5.41) is 2.88. The number of hydrogen-bond donors (Lipinski definition) is 2. The Balaban J connectivity index is 2.27. The first-order valence-corrected chi connectivity index (χ1v) is 6.27. The fourth-order valence-electron chi connectivity index (χ4n) is 1.35. The van der Waals surface area contributed by atoms with Crippen molar-refractivity contribution in [2.45, 2.75) is 19.3 Å². The molecule has 0 spiro atoms. The molecule has 0 radical (unpaired) electrons. The summed E-state index contributed by atoms with van der Waals surface area (Å²) < 4.78 is 0.979. The van der Waals surface area contributed by atoms with Crippen LogP contribution in [0.1, 0.15) is 29.6 Å². The number of nitrogens with one attached hydrogen (secondary N) is 1. The first kappa shape index (κ1) is 13.2. The second kappa shape index (κ2) is 7.41. The van der Waals surface area contributed by atoms with Gasteiger partial charge in [-0.05, 0) is 43.7 Å². The lowest BCUT2D eigenvalue weighted by molar-refractivity contribution is 0.0953. The van der Waals surface area contributed by atoms with Crippen LogP contribution in [0, 0.1) is 0 Å². The van der Waals surface area contributed by atoms with Crippen molar-refractivity contribution in [3.05, 3.63) is 34.3 Å². The topological polar surface area (TPSA) is 55.1 Å². The molecule has 0 aliphatic rings. The monoisotopic (exact) mass is 284 g/mol. The molecule has 0 unspecified atom stereocenters. The maximum atomic E-state index is 11.6. The van der Waals surface area contributed by atoms with Gasteiger partial charge in [-0.1, -0.05) is 22.4 Å².